The number of nitrogens with one attached hydrogen (secondary N) is 2. The fourth-order valence-corrected chi connectivity index (χ4v) is 2.90. The second-order valence-corrected chi connectivity index (χ2v) is 5.62. The molecule has 3 nitrogen and oxygen atoms in total. The van der Waals surface area contributed by atoms with Crippen LogP contribution in [0.1, 0.15) is 43.4 Å². The Labute approximate surface area is 106 Å². The van der Waals surface area contributed by atoms with Crippen LogP contribution < -0.4 is 5.32 Å². The van der Waals surface area contributed by atoms with Gasteiger partial charge in [0.15, 0.2) is 0 Å². The van der Waals surface area contributed by atoms with E-state index >= 15 is 0 Å². The van der Waals surface area contributed by atoms with Crippen molar-refractivity contribution in [1.82, 2.24) is 15.5 Å². The Morgan fingerprint density at radius 1 is 1.29 bits per heavy atom. The van der Waals surface area contributed by atoms with Crippen molar-refractivity contribution in [2.45, 2.75) is 32.9 Å². The summed E-state index contributed by atoms with van der Waals surface area (Å²) in [5, 5.41) is 12.8. The highest BCUT2D eigenvalue weighted by Crippen LogP contribution is 2.28. The monoisotopic (exact) mass is 249 g/mol. The molecule has 2 heterocycles. The summed E-state index contributed by atoms with van der Waals surface area (Å²) < 4.78 is 0. The molecular formula is C13H19N3S. The molecule has 0 aliphatic rings. The molecule has 17 heavy (non-hydrogen) atoms. The van der Waals surface area contributed by atoms with Gasteiger partial charge in [0.2, 0.25) is 0 Å². The standard InChI is InChI=1S/C13H19N3S/c1-9(2)13(12-5-4-8-17-12)15-10(3)11-6-7-14-16-11/h4-10,13,15H,1-3H3,(H,14,16). The van der Waals surface area contributed by atoms with Gasteiger partial charge in [-0.1, -0.05) is 19.9 Å². The quantitative estimate of drug-likeness (QED) is 0.851. The van der Waals surface area contributed by atoms with E-state index in [0.717, 1.165) is 5.69 Å². The molecule has 0 aliphatic carbocycles. The van der Waals surface area contributed by atoms with E-state index in [2.05, 4.69) is 53.8 Å². The SMILES string of the molecule is CC(NC(c1cccs1)C(C)C)c1ccn[nH]1. The van der Waals surface area contributed by atoms with E-state index in [1.165, 1.54) is 4.88 Å². The zero-order valence-corrected chi connectivity index (χ0v) is 11.3. The molecule has 0 amide bonds. The summed E-state index contributed by atoms with van der Waals surface area (Å²) in [4.78, 5) is 1.39. The largest absolute Gasteiger partial charge is 0.301 e. The topological polar surface area (TPSA) is 40.7 Å². The van der Waals surface area contributed by atoms with E-state index in [1.54, 1.807) is 6.20 Å². The van der Waals surface area contributed by atoms with Gasteiger partial charge in [-0.05, 0) is 30.4 Å². The van der Waals surface area contributed by atoms with Crippen LogP contribution in [0.15, 0.2) is 29.8 Å². The van der Waals surface area contributed by atoms with Gasteiger partial charge in [-0.2, -0.15) is 5.10 Å². The van der Waals surface area contributed by atoms with Gasteiger partial charge < -0.3 is 5.32 Å². The average molecular weight is 249 g/mol. The number of H-pyrrole nitrogens is 1. The Kier molecular flexibility index (Phi) is 3.97. The van der Waals surface area contributed by atoms with Crippen LogP contribution in [-0.2, 0) is 0 Å². The molecule has 0 aliphatic heterocycles. The first-order valence-electron chi connectivity index (χ1n) is 5.97. The highest BCUT2D eigenvalue weighted by molar-refractivity contribution is 7.10. The minimum atomic E-state index is 0.284. The molecule has 2 aromatic rings. The Morgan fingerprint density at radius 2 is 2.12 bits per heavy atom. The zero-order valence-electron chi connectivity index (χ0n) is 10.5. The van der Waals surface area contributed by atoms with E-state index in [0.29, 0.717) is 12.0 Å². The fraction of sp³-hybridized carbons (Fsp3) is 0.462. The molecule has 0 saturated heterocycles. The summed E-state index contributed by atoms with van der Waals surface area (Å²) in [5.41, 5.74) is 1.13. The summed E-state index contributed by atoms with van der Waals surface area (Å²) in [6.07, 6.45) is 1.79. The van der Waals surface area contributed by atoms with Crippen LogP contribution in [0.2, 0.25) is 0 Å². The van der Waals surface area contributed by atoms with Gasteiger partial charge in [-0.25, -0.2) is 0 Å². The molecule has 0 radical (unpaired) electrons. The lowest BCUT2D eigenvalue weighted by molar-refractivity contribution is 0.376. The maximum Gasteiger partial charge on any atom is 0.0518 e. The molecule has 2 rings (SSSR count). The van der Waals surface area contributed by atoms with Crippen LogP contribution in [-0.4, -0.2) is 10.2 Å². The number of rotatable bonds is 5. The first-order valence-corrected chi connectivity index (χ1v) is 6.85. The summed E-state index contributed by atoms with van der Waals surface area (Å²) in [5.74, 6) is 0.569. The molecule has 0 saturated carbocycles. The molecule has 2 aromatic heterocycles. The van der Waals surface area contributed by atoms with E-state index in [4.69, 9.17) is 0 Å². The molecule has 0 fully saturated rings. The van der Waals surface area contributed by atoms with Crippen molar-refractivity contribution < 1.29 is 0 Å². The second kappa shape index (κ2) is 5.47. The highest BCUT2D eigenvalue weighted by atomic mass is 32.1. The molecule has 2 unspecified atom stereocenters. The maximum atomic E-state index is 4.00. The third kappa shape index (κ3) is 2.96. The van der Waals surface area contributed by atoms with Gasteiger partial charge in [0, 0.05) is 23.2 Å². The van der Waals surface area contributed by atoms with E-state index < -0.39 is 0 Å². The van der Waals surface area contributed by atoms with Gasteiger partial charge in [0.05, 0.1) is 5.69 Å². The zero-order chi connectivity index (χ0) is 12.3. The van der Waals surface area contributed by atoms with Gasteiger partial charge in [0.1, 0.15) is 0 Å². The molecule has 0 spiro atoms. The van der Waals surface area contributed by atoms with Crippen molar-refractivity contribution in [2.24, 2.45) is 5.92 Å². The van der Waals surface area contributed by atoms with Gasteiger partial charge in [-0.3, -0.25) is 5.10 Å². The van der Waals surface area contributed by atoms with Gasteiger partial charge in [0.25, 0.3) is 0 Å². The lowest BCUT2D eigenvalue weighted by Crippen LogP contribution is -2.28. The number of aromatic amines is 1. The van der Waals surface area contributed by atoms with Crippen molar-refractivity contribution in [3.8, 4) is 0 Å². The third-order valence-corrected chi connectivity index (χ3v) is 3.89. The number of hydrogen-bond donors (Lipinski definition) is 2. The minimum absolute atomic E-state index is 0.284. The summed E-state index contributed by atoms with van der Waals surface area (Å²) in [7, 11) is 0. The fourth-order valence-electron chi connectivity index (χ4n) is 1.94. The molecular weight excluding hydrogens is 230 g/mol. The number of aromatic nitrogens is 2. The average Bonchev–Trinajstić information content (AvgIpc) is 2.97. The molecule has 92 valence electrons. The van der Waals surface area contributed by atoms with E-state index in [-0.39, 0.29) is 6.04 Å². The van der Waals surface area contributed by atoms with Crippen LogP contribution in [0.25, 0.3) is 0 Å². The van der Waals surface area contributed by atoms with Crippen LogP contribution in [0.5, 0.6) is 0 Å². The molecule has 0 bridgehead atoms. The van der Waals surface area contributed by atoms with Crippen molar-refractivity contribution in [2.75, 3.05) is 0 Å². The summed E-state index contributed by atoms with van der Waals surface area (Å²) in [6.45, 7) is 6.66. The Balaban J connectivity index is 2.09. The smallest absolute Gasteiger partial charge is 0.0518 e. The Hall–Kier alpha value is -1.13. The van der Waals surface area contributed by atoms with Crippen molar-refractivity contribution >= 4 is 11.3 Å². The van der Waals surface area contributed by atoms with E-state index in [1.807, 2.05) is 17.4 Å². The van der Waals surface area contributed by atoms with E-state index in [9.17, 15) is 0 Å². The second-order valence-electron chi connectivity index (χ2n) is 4.64. The summed E-state index contributed by atoms with van der Waals surface area (Å²) in [6, 6.07) is 7.00. The Morgan fingerprint density at radius 3 is 2.65 bits per heavy atom. The normalized spacial score (nSPS) is 15.1. The lowest BCUT2D eigenvalue weighted by atomic mass is 10.0. The lowest BCUT2D eigenvalue weighted by Gasteiger charge is -2.25. The predicted molar refractivity (Wildman–Crippen MR) is 72.0 cm³/mol. The van der Waals surface area contributed by atoms with Crippen molar-refractivity contribution in [1.29, 1.82) is 0 Å². The van der Waals surface area contributed by atoms with Crippen molar-refractivity contribution in [3.05, 3.63) is 40.3 Å². The number of hydrogen-bond acceptors (Lipinski definition) is 3. The number of nitrogens with zero attached hydrogens (tertiary/aromatic N) is 1. The van der Waals surface area contributed by atoms with Gasteiger partial charge in [-0.15, -0.1) is 11.3 Å². The molecule has 2 atom stereocenters. The first kappa shape index (κ1) is 12.3. The molecule has 2 N–H and O–H groups in total. The third-order valence-electron chi connectivity index (χ3n) is 2.93. The minimum Gasteiger partial charge on any atom is -0.301 e. The number of thiophene rings is 1. The predicted octanol–water partition coefficient (Wildman–Crippen LogP) is 3.52. The van der Waals surface area contributed by atoms with Crippen LogP contribution in [0.3, 0.4) is 0 Å². The first-order chi connectivity index (χ1) is 8.18. The van der Waals surface area contributed by atoms with Crippen LogP contribution in [0.4, 0.5) is 0 Å². The highest BCUT2D eigenvalue weighted by Gasteiger charge is 2.19. The van der Waals surface area contributed by atoms with Crippen molar-refractivity contribution in [3.63, 3.8) is 0 Å². The Bertz CT molecular complexity index is 419. The maximum absolute atomic E-state index is 4.00. The van der Waals surface area contributed by atoms with Crippen LogP contribution >= 0.6 is 11.3 Å². The molecule has 0 aromatic carbocycles. The summed E-state index contributed by atoms with van der Waals surface area (Å²) >= 11 is 1.81. The molecule has 4 heteroatoms. The van der Waals surface area contributed by atoms with Gasteiger partial charge >= 0.3 is 0 Å². The van der Waals surface area contributed by atoms with Crippen LogP contribution in [0, 0.1) is 5.92 Å².